The number of ether oxygens (including phenoxy) is 1. The summed E-state index contributed by atoms with van der Waals surface area (Å²) in [6.07, 6.45) is -0.473. The van der Waals surface area contributed by atoms with Gasteiger partial charge in [-0.1, -0.05) is 0 Å². The van der Waals surface area contributed by atoms with Crippen LogP contribution >= 0.6 is 15.9 Å². The molecular weight excluding hydrogens is 609 g/mol. The van der Waals surface area contributed by atoms with Crippen molar-refractivity contribution >= 4 is 33.1 Å². The SMILES string of the molecule is CC(C)(C)OC(=O)N1CCC(Cn2c(=O)n(Cc3ccc(-c4nnc(C(F)F)o4)cn3)c3cc(F)c(Br)cc32)CC1. The molecule has 0 bridgehead atoms. The van der Waals surface area contributed by atoms with Gasteiger partial charge in [0.2, 0.25) is 5.89 Å². The third-order valence-corrected chi connectivity index (χ3v) is 7.39. The number of amides is 1. The zero-order valence-electron chi connectivity index (χ0n) is 22.6. The van der Waals surface area contributed by atoms with E-state index in [1.54, 1.807) is 27.7 Å². The van der Waals surface area contributed by atoms with Gasteiger partial charge in [-0.25, -0.2) is 14.0 Å². The highest BCUT2D eigenvalue weighted by molar-refractivity contribution is 9.10. The second-order valence-electron chi connectivity index (χ2n) is 10.9. The molecule has 0 unspecified atom stereocenters. The normalized spacial score (nSPS) is 14.8. The number of alkyl halides is 2. The molecule has 0 radical (unpaired) electrons. The summed E-state index contributed by atoms with van der Waals surface area (Å²) in [5.74, 6) is -1.27. The Hall–Kier alpha value is -3.68. The number of carbonyl (C=O) groups excluding carboxylic acids is 1. The number of halogens is 4. The minimum Gasteiger partial charge on any atom is -0.444 e. The highest BCUT2D eigenvalue weighted by Gasteiger charge is 2.28. The molecule has 4 aromatic rings. The maximum Gasteiger partial charge on any atom is 0.410 e. The van der Waals surface area contributed by atoms with Crippen LogP contribution < -0.4 is 5.69 Å². The lowest BCUT2D eigenvalue weighted by Crippen LogP contribution is -2.42. The zero-order chi connectivity index (χ0) is 29.5. The number of imidazole rings is 1. The molecule has 0 saturated carbocycles. The summed E-state index contributed by atoms with van der Waals surface area (Å²) in [5.41, 5.74) is 0.904. The summed E-state index contributed by atoms with van der Waals surface area (Å²) in [6, 6.07) is 6.08. The Labute approximate surface area is 241 Å². The van der Waals surface area contributed by atoms with Gasteiger partial charge in [-0.2, -0.15) is 8.78 Å². The van der Waals surface area contributed by atoms with E-state index in [0.717, 1.165) is 0 Å². The van der Waals surface area contributed by atoms with Crippen molar-refractivity contribution in [3.05, 3.63) is 62.8 Å². The van der Waals surface area contributed by atoms with E-state index in [-0.39, 0.29) is 34.6 Å². The van der Waals surface area contributed by atoms with Gasteiger partial charge in [0, 0.05) is 31.9 Å². The fourth-order valence-corrected chi connectivity index (χ4v) is 5.10. The number of fused-ring (bicyclic) bond motifs is 1. The summed E-state index contributed by atoms with van der Waals surface area (Å²) < 4.78 is 53.9. The summed E-state index contributed by atoms with van der Waals surface area (Å²) in [4.78, 5) is 32.1. The van der Waals surface area contributed by atoms with Gasteiger partial charge in [0.05, 0.1) is 33.3 Å². The molecule has 3 aromatic heterocycles. The molecule has 1 fully saturated rings. The van der Waals surface area contributed by atoms with Gasteiger partial charge in [0.25, 0.3) is 5.89 Å². The minimum absolute atomic E-state index is 0.0485. The van der Waals surface area contributed by atoms with Gasteiger partial charge in [-0.15, -0.1) is 10.2 Å². The van der Waals surface area contributed by atoms with Crippen LogP contribution in [0, 0.1) is 11.7 Å². The number of benzene rings is 1. The van der Waals surface area contributed by atoms with E-state index >= 15 is 0 Å². The monoisotopic (exact) mass is 636 g/mol. The molecule has 1 aromatic carbocycles. The highest BCUT2D eigenvalue weighted by Crippen LogP contribution is 2.27. The number of nitrogens with zero attached hydrogens (tertiary/aromatic N) is 6. The third kappa shape index (κ3) is 6.31. The van der Waals surface area contributed by atoms with Crippen LogP contribution in [0.15, 0.2) is 44.1 Å². The molecule has 0 spiro atoms. The van der Waals surface area contributed by atoms with Gasteiger partial charge in [-0.3, -0.25) is 14.1 Å². The summed E-state index contributed by atoms with van der Waals surface area (Å²) >= 11 is 3.23. The van der Waals surface area contributed by atoms with Crippen molar-refractivity contribution in [2.75, 3.05) is 13.1 Å². The fourth-order valence-electron chi connectivity index (χ4n) is 4.77. The van der Waals surface area contributed by atoms with Crippen molar-refractivity contribution in [2.24, 2.45) is 5.92 Å². The standard InChI is InChI=1S/C27H28BrF3N6O4/c1-27(2,3)41-26(39)35-8-6-15(7-9-35)13-36-20-10-18(28)19(29)11-21(20)37(25(36)38)14-17-5-4-16(12-32-17)23-33-34-24(40-23)22(30)31/h4-5,10-12,15,22H,6-9,13-14H2,1-3H3. The molecule has 1 saturated heterocycles. The Morgan fingerprint density at radius 3 is 2.46 bits per heavy atom. The Bertz CT molecular complexity index is 1620. The Morgan fingerprint density at radius 2 is 1.85 bits per heavy atom. The Balaban J connectivity index is 1.36. The fraction of sp³-hybridized carbons (Fsp3) is 0.444. The minimum atomic E-state index is -2.88. The number of aromatic nitrogens is 5. The summed E-state index contributed by atoms with van der Waals surface area (Å²) in [7, 11) is 0. The smallest absolute Gasteiger partial charge is 0.410 e. The van der Waals surface area contributed by atoms with E-state index in [1.807, 2.05) is 20.8 Å². The second-order valence-corrected chi connectivity index (χ2v) is 11.8. The van der Waals surface area contributed by atoms with E-state index < -0.39 is 23.7 Å². The Morgan fingerprint density at radius 1 is 1.15 bits per heavy atom. The molecule has 1 aliphatic rings. The summed E-state index contributed by atoms with van der Waals surface area (Å²) in [5, 5.41) is 6.93. The quantitative estimate of drug-likeness (QED) is 0.264. The van der Waals surface area contributed by atoms with E-state index in [1.165, 1.54) is 16.8 Å². The molecule has 0 aliphatic carbocycles. The Kier molecular flexibility index (Phi) is 7.95. The van der Waals surface area contributed by atoms with Crippen molar-refractivity contribution < 1.29 is 27.1 Å². The van der Waals surface area contributed by atoms with E-state index in [9.17, 15) is 22.8 Å². The lowest BCUT2D eigenvalue weighted by atomic mass is 9.97. The van der Waals surface area contributed by atoms with Crippen LogP contribution in [0.4, 0.5) is 18.0 Å². The van der Waals surface area contributed by atoms with Crippen molar-refractivity contribution in [3.63, 3.8) is 0 Å². The molecule has 218 valence electrons. The van der Waals surface area contributed by atoms with Gasteiger partial charge in [0.15, 0.2) is 0 Å². The first-order valence-electron chi connectivity index (χ1n) is 13.0. The van der Waals surface area contributed by atoms with Gasteiger partial charge < -0.3 is 14.1 Å². The van der Waals surface area contributed by atoms with Crippen LogP contribution in [0.5, 0.6) is 0 Å². The number of carbonyl (C=O) groups is 1. The van der Waals surface area contributed by atoms with Crippen LogP contribution in [0.25, 0.3) is 22.5 Å². The molecule has 10 nitrogen and oxygen atoms in total. The van der Waals surface area contributed by atoms with Gasteiger partial charge in [0.1, 0.15) is 11.4 Å². The number of likely N-dealkylation sites (tertiary alicyclic amines) is 1. The molecule has 14 heteroatoms. The molecule has 0 N–H and O–H groups in total. The van der Waals surface area contributed by atoms with Crippen molar-refractivity contribution in [1.29, 1.82) is 0 Å². The van der Waals surface area contributed by atoms with Crippen LogP contribution in [0.1, 0.15) is 51.6 Å². The van der Waals surface area contributed by atoms with Crippen molar-refractivity contribution in [2.45, 2.75) is 58.7 Å². The first-order valence-corrected chi connectivity index (χ1v) is 13.8. The number of pyridine rings is 1. The van der Waals surface area contributed by atoms with Crippen LogP contribution in [0.2, 0.25) is 0 Å². The van der Waals surface area contributed by atoms with Crippen LogP contribution in [-0.2, 0) is 17.8 Å². The predicted octanol–water partition coefficient (Wildman–Crippen LogP) is 5.78. The maximum absolute atomic E-state index is 14.6. The molecule has 1 amide bonds. The lowest BCUT2D eigenvalue weighted by Gasteiger charge is -2.33. The summed E-state index contributed by atoms with van der Waals surface area (Å²) in [6.45, 7) is 6.95. The van der Waals surface area contributed by atoms with Crippen molar-refractivity contribution in [3.8, 4) is 11.5 Å². The number of hydrogen-bond acceptors (Lipinski definition) is 7. The first kappa shape index (κ1) is 28.8. The molecular formula is C27H28BrF3N6O4. The molecule has 41 heavy (non-hydrogen) atoms. The van der Waals surface area contributed by atoms with Crippen LogP contribution in [-0.4, -0.2) is 54.0 Å². The van der Waals surface area contributed by atoms with Gasteiger partial charge in [-0.05, 0) is 73.7 Å². The zero-order valence-corrected chi connectivity index (χ0v) is 24.2. The molecule has 4 heterocycles. The molecule has 1 aliphatic heterocycles. The van der Waals surface area contributed by atoms with E-state index in [0.29, 0.717) is 54.8 Å². The number of piperidine rings is 1. The maximum atomic E-state index is 14.6. The van der Waals surface area contributed by atoms with Crippen molar-refractivity contribution in [1.82, 2.24) is 29.2 Å². The average molecular weight is 637 g/mol. The van der Waals surface area contributed by atoms with E-state index in [4.69, 9.17) is 9.15 Å². The predicted molar refractivity (Wildman–Crippen MR) is 146 cm³/mol. The van der Waals surface area contributed by atoms with Gasteiger partial charge >= 0.3 is 18.2 Å². The van der Waals surface area contributed by atoms with Crippen LogP contribution in [0.3, 0.4) is 0 Å². The number of hydrogen-bond donors (Lipinski definition) is 0. The van der Waals surface area contributed by atoms with E-state index in [2.05, 4.69) is 31.1 Å². The largest absolute Gasteiger partial charge is 0.444 e. The topological polar surface area (TPSA) is 108 Å². The average Bonchev–Trinajstić information content (AvgIpc) is 3.50. The third-order valence-electron chi connectivity index (χ3n) is 6.79. The highest BCUT2D eigenvalue weighted by atomic mass is 79.9. The second kappa shape index (κ2) is 11.3. The molecule has 5 rings (SSSR count). The first-order chi connectivity index (χ1) is 19.4. The lowest BCUT2D eigenvalue weighted by molar-refractivity contribution is 0.0178. The molecule has 0 atom stereocenters. The number of rotatable bonds is 6.